The maximum Gasteiger partial charge on any atom is 0.254 e. The van der Waals surface area contributed by atoms with Crippen molar-refractivity contribution in [2.24, 2.45) is 5.73 Å². The Morgan fingerprint density at radius 1 is 1.15 bits per heavy atom. The maximum absolute atomic E-state index is 13.9. The number of carbonyl (C=O) groups excluding carboxylic acids is 3. The number of nitrogens with two attached hydrogens (primary N) is 2. The predicted octanol–water partition coefficient (Wildman–Crippen LogP) is 2.27. The second-order valence-corrected chi connectivity index (χ2v) is 10.0. The van der Waals surface area contributed by atoms with Gasteiger partial charge in [0.25, 0.3) is 5.91 Å². The standard InChI is InChI=1S/C28H34FN7O4/c1-33(2)16-24(38)34-12-10-21(11-13-34)36-27(30)25(28(31)39)26(32-36)19-6-4-18(5-7-19)15-35(17-37)22-14-20(29)8-9-23(22)40-3/h4-9,14,17,21H,10-13,15-16,30H2,1-3H3,(H2,31,39). The summed E-state index contributed by atoms with van der Waals surface area (Å²) in [7, 11) is 5.16. The van der Waals surface area contributed by atoms with Crippen LogP contribution in [-0.4, -0.2) is 78.6 Å². The molecule has 3 aromatic rings. The fourth-order valence-electron chi connectivity index (χ4n) is 4.93. The molecule has 0 aliphatic carbocycles. The molecule has 1 aliphatic heterocycles. The van der Waals surface area contributed by atoms with Gasteiger partial charge in [-0.1, -0.05) is 24.3 Å². The molecule has 0 atom stereocenters. The number of hydrogen-bond donors (Lipinski definition) is 2. The number of ether oxygens (including phenoxy) is 1. The van der Waals surface area contributed by atoms with Crippen molar-refractivity contribution < 1.29 is 23.5 Å². The Labute approximate surface area is 232 Å². The van der Waals surface area contributed by atoms with Crippen molar-refractivity contribution >= 4 is 29.7 Å². The summed E-state index contributed by atoms with van der Waals surface area (Å²) in [5.74, 6) is -0.553. The SMILES string of the molecule is COc1ccc(F)cc1N(C=O)Cc1ccc(-c2nn(C3CCN(C(=O)CN(C)C)CC3)c(N)c2C(N)=O)cc1. The van der Waals surface area contributed by atoms with E-state index in [1.54, 1.807) is 28.9 Å². The molecule has 1 aliphatic rings. The number of carbonyl (C=O) groups is 3. The maximum atomic E-state index is 13.9. The smallest absolute Gasteiger partial charge is 0.254 e. The average Bonchev–Trinajstić information content (AvgIpc) is 3.29. The number of rotatable bonds is 10. The van der Waals surface area contributed by atoms with Crippen LogP contribution in [0.3, 0.4) is 0 Å². The first-order valence-corrected chi connectivity index (χ1v) is 12.9. The van der Waals surface area contributed by atoms with E-state index in [0.29, 0.717) is 61.6 Å². The Bertz CT molecular complexity index is 1380. The third kappa shape index (κ3) is 6.07. The number of benzene rings is 2. The Morgan fingerprint density at radius 3 is 2.40 bits per heavy atom. The zero-order valence-electron chi connectivity index (χ0n) is 22.8. The number of primary amides is 1. The lowest BCUT2D eigenvalue weighted by molar-refractivity contribution is -0.133. The van der Waals surface area contributed by atoms with Gasteiger partial charge in [-0.05, 0) is 44.6 Å². The molecule has 212 valence electrons. The van der Waals surface area contributed by atoms with Gasteiger partial charge >= 0.3 is 0 Å². The van der Waals surface area contributed by atoms with Crippen LogP contribution in [0.2, 0.25) is 0 Å². The minimum absolute atomic E-state index is 0.0690. The Balaban J connectivity index is 1.54. The number of likely N-dealkylation sites (N-methyl/N-ethyl adjacent to an activating group) is 1. The molecule has 0 bridgehead atoms. The molecular weight excluding hydrogens is 517 g/mol. The van der Waals surface area contributed by atoms with Gasteiger partial charge in [-0.25, -0.2) is 9.07 Å². The number of halogens is 1. The summed E-state index contributed by atoms with van der Waals surface area (Å²) in [6.07, 6.45) is 1.90. The molecule has 3 amide bonds. The van der Waals surface area contributed by atoms with Crippen molar-refractivity contribution in [2.45, 2.75) is 25.4 Å². The normalized spacial score (nSPS) is 13.9. The van der Waals surface area contributed by atoms with Gasteiger partial charge in [0.1, 0.15) is 28.6 Å². The summed E-state index contributed by atoms with van der Waals surface area (Å²) in [4.78, 5) is 41.7. The summed E-state index contributed by atoms with van der Waals surface area (Å²) in [6.45, 7) is 1.64. The zero-order valence-corrected chi connectivity index (χ0v) is 22.8. The van der Waals surface area contributed by atoms with Gasteiger partial charge in [-0.3, -0.25) is 14.4 Å². The first-order chi connectivity index (χ1) is 19.1. The summed E-state index contributed by atoms with van der Waals surface area (Å²) < 4.78 is 20.8. The fraction of sp³-hybridized carbons (Fsp3) is 0.357. The van der Waals surface area contributed by atoms with Crippen LogP contribution in [0.25, 0.3) is 11.3 Å². The summed E-state index contributed by atoms with van der Waals surface area (Å²) in [5, 5.41) is 4.68. The largest absolute Gasteiger partial charge is 0.495 e. The van der Waals surface area contributed by atoms with Gasteiger partial charge in [0, 0.05) is 24.7 Å². The van der Waals surface area contributed by atoms with Gasteiger partial charge in [-0.2, -0.15) is 5.10 Å². The minimum atomic E-state index is -0.688. The van der Waals surface area contributed by atoms with Crippen molar-refractivity contribution in [3.05, 3.63) is 59.4 Å². The number of methoxy groups -OCH3 is 1. The molecule has 4 N–H and O–H groups in total. The Morgan fingerprint density at radius 2 is 1.82 bits per heavy atom. The first kappa shape index (κ1) is 28.6. The molecule has 2 heterocycles. The third-order valence-electron chi connectivity index (χ3n) is 6.97. The highest BCUT2D eigenvalue weighted by Crippen LogP contribution is 2.33. The third-order valence-corrected chi connectivity index (χ3v) is 6.97. The number of piperidine rings is 1. The summed E-state index contributed by atoms with van der Waals surface area (Å²) in [5.41, 5.74) is 14.3. The van der Waals surface area contributed by atoms with E-state index in [4.69, 9.17) is 16.2 Å². The summed E-state index contributed by atoms with van der Waals surface area (Å²) in [6, 6.07) is 11.0. The molecular formula is C28H34FN7O4. The van der Waals surface area contributed by atoms with E-state index in [-0.39, 0.29) is 29.9 Å². The van der Waals surface area contributed by atoms with Gasteiger partial charge in [-0.15, -0.1) is 0 Å². The number of amides is 3. The van der Waals surface area contributed by atoms with Gasteiger partial charge in [0.15, 0.2) is 0 Å². The lowest BCUT2D eigenvalue weighted by Crippen LogP contribution is -2.43. The van der Waals surface area contributed by atoms with Crippen molar-refractivity contribution in [3.8, 4) is 17.0 Å². The summed E-state index contributed by atoms with van der Waals surface area (Å²) >= 11 is 0. The van der Waals surface area contributed by atoms with Crippen LogP contribution in [0.1, 0.15) is 34.8 Å². The molecule has 0 spiro atoms. The molecule has 12 heteroatoms. The molecule has 0 unspecified atom stereocenters. The number of likely N-dealkylation sites (tertiary alicyclic amines) is 1. The second-order valence-electron chi connectivity index (χ2n) is 10.0. The van der Waals surface area contributed by atoms with Crippen LogP contribution in [0.4, 0.5) is 15.9 Å². The van der Waals surface area contributed by atoms with Crippen molar-refractivity contribution in [1.29, 1.82) is 0 Å². The van der Waals surface area contributed by atoms with E-state index < -0.39 is 11.7 Å². The molecule has 0 radical (unpaired) electrons. The molecule has 0 saturated carbocycles. The van der Waals surface area contributed by atoms with Gasteiger partial charge in [0.2, 0.25) is 12.3 Å². The zero-order chi connectivity index (χ0) is 29.0. The fourth-order valence-corrected chi connectivity index (χ4v) is 4.93. The van der Waals surface area contributed by atoms with E-state index in [1.165, 1.54) is 30.2 Å². The highest BCUT2D eigenvalue weighted by Gasteiger charge is 2.29. The highest BCUT2D eigenvalue weighted by molar-refractivity contribution is 6.03. The minimum Gasteiger partial charge on any atom is -0.495 e. The van der Waals surface area contributed by atoms with E-state index in [1.807, 2.05) is 23.9 Å². The van der Waals surface area contributed by atoms with Crippen LogP contribution in [-0.2, 0) is 16.1 Å². The number of nitrogens with zero attached hydrogens (tertiary/aromatic N) is 5. The molecule has 11 nitrogen and oxygen atoms in total. The monoisotopic (exact) mass is 551 g/mol. The average molecular weight is 552 g/mol. The van der Waals surface area contributed by atoms with E-state index >= 15 is 0 Å². The Kier molecular flexibility index (Phi) is 8.68. The van der Waals surface area contributed by atoms with Crippen LogP contribution in [0.15, 0.2) is 42.5 Å². The van der Waals surface area contributed by atoms with E-state index in [2.05, 4.69) is 5.10 Å². The number of hydrogen-bond acceptors (Lipinski definition) is 7. The lowest BCUT2D eigenvalue weighted by Gasteiger charge is -2.33. The van der Waals surface area contributed by atoms with Crippen LogP contribution < -0.4 is 21.1 Å². The Hall–Kier alpha value is -4.45. The molecule has 4 rings (SSSR count). The van der Waals surface area contributed by atoms with Crippen molar-refractivity contribution in [1.82, 2.24) is 19.6 Å². The van der Waals surface area contributed by atoms with Crippen LogP contribution in [0.5, 0.6) is 5.75 Å². The van der Waals surface area contributed by atoms with E-state index in [0.717, 1.165) is 5.56 Å². The van der Waals surface area contributed by atoms with Crippen molar-refractivity contribution in [2.75, 3.05) is 51.5 Å². The molecule has 1 aromatic heterocycles. The number of aromatic nitrogens is 2. The quantitative estimate of drug-likeness (QED) is 0.369. The van der Waals surface area contributed by atoms with E-state index in [9.17, 15) is 18.8 Å². The molecule has 40 heavy (non-hydrogen) atoms. The van der Waals surface area contributed by atoms with Gasteiger partial charge < -0.3 is 30.9 Å². The molecule has 2 aromatic carbocycles. The second kappa shape index (κ2) is 12.2. The van der Waals surface area contributed by atoms with Crippen LogP contribution >= 0.6 is 0 Å². The molecule has 1 saturated heterocycles. The highest BCUT2D eigenvalue weighted by atomic mass is 19.1. The van der Waals surface area contributed by atoms with Crippen LogP contribution in [0, 0.1) is 5.82 Å². The number of anilines is 2. The van der Waals surface area contributed by atoms with Crippen molar-refractivity contribution in [3.63, 3.8) is 0 Å². The number of nitrogen functional groups attached to an aromatic ring is 1. The molecule has 1 fully saturated rings. The van der Waals surface area contributed by atoms with Gasteiger partial charge in [0.05, 0.1) is 31.9 Å². The topological polar surface area (TPSA) is 140 Å². The lowest BCUT2D eigenvalue weighted by atomic mass is 10.0. The first-order valence-electron chi connectivity index (χ1n) is 12.9. The predicted molar refractivity (Wildman–Crippen MR) is 149 cm³/mol.